The molecule has 0 atom stereocenters. The Morgan fingerprint density at radius 2 is 1.02 bits per heavy atom. The van der Waals surface area contributed by atoms with Crippen LogP contribution in [0.3, 0.4) is 0 Å². The third-order valence-electron chi connectivity index (χ3n) is 10.5. The maximum absolute atomic E-state index is 14.4. The van der Waals surface area contributed by atoms with Gasteiger partial charge in [0.05, 0.1) is 11.2 Å². The van der Waals surface area contributed by atoms with Crippen molar-refractivity contribution in [1.82, 2.24) is 4.98 Å². The van der Waals surface area contributed by atoms with Gasteiger partial charge < -0.3 is 0 Å². The summed E-state index contributed by atoms with van der Waals surface area (Å²) in [5, 5.41) is 5.06. The lowest BCUT2D eigenvalue weighted by Gasteiger charge is -2.25. The summed E-state index contributed by atoms with van der Waals surface area (Å²) >= 11 is 0. The number of fused-ring (bicyclic) bond motifs is 5. The average molecular weight is 666 g/mol. The Balaban J connectivity index is 1.32. The molecule has 0 amide bonds. The van der Waals surface area contributed by atoms with E-state index in [1.54, 1.807) is 0 Å². The zero-order valence-corrected chi connectivity index (χ0v) is 29.8. The van der Waals surface area contributed by atoms with E-state index in [4.69, 9.17) is 4.98 Å². The molecule has 0 aliphatic rings. The first-order valence-corrected chi connectivity index (χ1v) is 17.5. The molecule has 1 aromatic heterocycles. The van der Waals surface area contributed by atoms with E-state index in [0.717, 1.165) is 49.6 Å². The van der Waals surface area contributed by atoms with Crippen molar-refractivity contribution >= 4 is 55.5 Å². The number of benzene rings is 7. The minimum absolute atomic E-state index is 0.0988. The summed E-state index contributed by atoms with van der Waals surface area (Å²) < 4.78 is 28.9. The quantitative estimate of drug-likeness (QED) is 0.132. The highest BCUT2D eigenvalue weighted by molar-refractivity contribution is 6.96. The molecule has 0 aliphatic carbocycles. The maximum Gasteiger partial charge on any atom is 0.242 e. The predicted molar refractivity (Wildman–Crippen MR) is 214 cm³/mol. The number of nitrogens with zero attached hydrogens (tertiary/aromatic N) is 1. The zero-order chi connectivity index (χ0) is 35.6. The van der Waals surface area contributed by atoms with Crippen molar-refractivity contribution in [3.8, 4) is 22.4 Å². The molecule has 0 saturated carbocycles. The van der Waals surface area contributed by atoms with Gasteiger partial charge in [-0.15, -0.1) is 0 Å². The molecule has 0 spiro atoms. The molecule has 8 aromatic rings. The smallest absolute Gasteiger partial charge is 0.242 e. The third kappa shape index (κ3) is 5.69. The minimum atomic E-state index is -0.623. The molecule has 0 saturated heterocycles. The summed E-state index contributed by atoms with van der Waals surface area (Å²) in [7, 11) is 0. The second kappa shape index (κ2) is 12.6. The summed E-state index contributed by atoms with van der Waals surface area (Å²) in [4.78, 5) is 4.92. The minimum Gasteiger partial charge on any atom is -0.247 e. The van der Waals surface area contributed by atoms with E-state index in [0.29, 0.717) is 11.3 Å². The van der Waals surface area contributed by atoms with Crippen LogP contribution in [0.2, 0.25) is 0 Å². The van der Waals surface area contributed by atoms with E-state index in [1.807, 2.05) is 18.2 Å². The summed E-state index contributed by atoms with van der Waals surface area (Å²) in [5.74, 6) is -1.25. The molecule has 7 aromatic carbocycles. The van der Waals surface area contributed by atoms with Gasteiger partial charge in [0.1, 0.15) is 11.6 Å². The Bertz CT molecular complexity index is 2550. The van der Waals surface area contributed by atoms with Crippen LogP contribution in [0.15, 0.2) is 121 Å². The summed E-state index contributed by atoms with van der Waals surface area (Å²) in [6.45, 7) is 13.4. The van der Waals surface area contributed by atoms with Gasteiger partial charge in [-0.2, -0.15) is 0 Å². The van der Waals surface area contributed by atoms with E-state index in [-0.39, 0.29) is 6.71 Å². The molecular weight excluding hydrogens is 627 g/mol. The van der Waals surface area contributed by atoms with Gasteiger partial charge in [0.25, 0.3) is 0 Å². The number of rotatable bonds is 5. The van der Waals surface area contributed by atoms with E-state index < -0.39 is 11.6 Å². The van der Waals surface area contributed by atoms with Crippen molar-refractivity contribution in [3.63, 3.8) is 0 Å². The number of hydrogen-bond donors (Lipinski definition) is 0. The lowest BCUT2D eigenvalue weighted by molar-refractivity contribution is 0.584. The Kier molecular flexibility index (Phi) is 8.06. The normalized spacial score (nSPS) is 11.5. The number of hydrogen-bond acceptors (Lipinski definition) is 1. The van der Waals surface area contributed by atoms with E-state index in [2.05, 4.69) is 126 Å². The second-order valence-electron chi connectivity index (χ2n) is 14.2. The molecule has 51 heavy (non-hydrogen) atoms. The third-order valence-corrected chi connectivity index (χ3v) is 10.5. The highest BCUT2D eigenvalue weighted by atomic mass is 19.1. The van der Waals surface area contributed by atoms with Crippen molar-refractivity contribution in [2.24, 2.45) is 0 Å². The van der Waals surface area contributed by atoms with E-state index in [9.17, 15) is 8.78 Å². The van der Waals surface area contributed by atoms with Gasteiger partial charge in [0.15, 0.2) is 0 Å². The van der Waals surface area contributed by atoms with Crippen LogP contribution in [0.5, 0.6) is 0 Å². The highest BCUT2D eigenvalue weighted by Gasteiger charge is 2.28. The Morgan fingerprint density at radius 3 is 1.63 bits per heavy atom. The largest absolute Gasteiger partial charge is 0.247 e. The van der Waals surface area contributed by atoms with Crippen LogP contribution < -0.4 is 16.4 Å². The SMILES string of the molecule is Cc1cc(C)c(B(c2ccc(-c3cccc4c3ccc3c(-c5cc(F)cc(F)c5)nc5ccccc5c34)cc2)c2c(C)cc(C)cc2C)c(C)c1. The lowest BCUT2D eigenvalue weighted by atomic mass is 9.34. The number of aromatic nitrogens is 1. The summed E-state index contributed by atoms with van der Waals surface area (Å²) in [5.41, 5.74) is 15.8. The van der Waals surface area contributed by atoms with Gasteiger partial charge in [-0.1, -0.05) is 147 Å². The number of para-hydroxylation sites is 1. The van der Waals surface area contributed by atoms with Crippen LogP contribution in [-0.2, 0) is 0 Å². The first kappa shape index (κ1) is 32.6. The molecule has 0 aliphatic heterocycles. The van der Waals surface area contributed by atoms with Gasteiger partial charge in [-0.3, -0.25) is 0 Å². The van der Waals surface area contributed by atoms with E-state index in [1.165, 1.54) is 61.9 Å². The summed E-state index contributed by atoms with van der Waals surface area (Å²) in [6, 6.07) is 40.5. The molecule has 1 heterocycles. The van der Waals surface area contributed by atoms with Crippen LogP contribution in [0, 0.1) is 53.2 Å². The van der Waals surface area contributed by atoms with Crippen LogP contribution >= 0.6 is 0 Å². The first-order valence-electron chi connectivity index (χ1n) is 17.5. The van der Waals surface area contributed by atoms with Crippen LogP contribution in [0.1, 0.15) is 33.4 Å². The first-order chi connectivity index (χ1) is 24.6. The zero-order valence-electron chi connectivity index (χ0n) is 29.8. The molecule has 0 radical (unpaired) electrons. The van der Waals surface area contributed by atoms with Crippen molar-refractivity contribution in [3.05, 3.63) is 166 Å². The number of halogens is 2. The number of pyridine rings is 1. The molecule has 0 unspecified atom stereocenters. The van der Waals surface area contributed by atoms with Gasteiger partial charge in [0, 0.05) is 27.8 Å². The second-order valence-corrected chi connectivity index (χ2v) is 14.2. The molecule has 8 rings (SSSR count). The van der Waals surface area contributed by atoms with Gasteiger partial charge in [-0.05, 0) is 81.6 Å². The molecule has 0 bridgehead atoms. The Hall–Kier alpha value is -5.61. The fraction of sp³-hybridized carbons (Fsp3) is 0.128. The van der Waals surface area contributed by atoms with Crippen LogP contribution in [0.4, 0.5) is 8.78 Å². The Morgan fingerprint density at radius 1 is 0.471 bits per heavy atom. The van der Waals surface area contributed by atoms with E-state index >= 15 is 0 Å². The van der Waals surface area contributed by atoms with Crippen molar-refractivity contribution in [2.45, 2.75) is 41.5 Å². The van der Waals surface area contributed by atoms with Crippen molar-refractivity contribution in [1.29, 1.82) is 0 Å². The fourth-order valence-corrected chi connectivity index (χ4v) is 8.60. The van der Waals surface area contributed by atoms with Crippen LogP contribution in [0.25, 0.3) is 54.8 Å². The number of aryl methyl sites for hydroxylation is 6. The standard InChI is InChI=1S/C47H38BF2N/c1-27-20-29(3)45(30(4)21-27)48(46-31(5)22-28(2)23-32(46)6)35-16-14-33(15-17-35)38-11-9-12-40-39(38)18-19-42-44(40)41-10-7-8-13-43(41)51-47(42)34-24-36(49)26-37(50)25-34/h7-26H,1-6H3. The van der Waals surface area contributed by atoms with Gasteiger partial charge >= 0.3 is 0 Å². The molecule has 4 heteroatoms. The molecule has 0 N–H and O–H groups in total. The average Bonchev–Trinajstić information content (AvgIpc) is 3.09. The Labute approximate surface area is 298 Å². The lowest BCUT2D eigenvalue weighted by Crippen LogP contribution is -2.55. The van der Waals surface area contributed by atoms with Gasteiger partial charge in [0.2, 0.25) is 6.71 Å². The molecular formula is C47H38BF2N. The molecule has 0 fully saturated rings. The maximum atomic E-state index is 14.4. The van der Waals surface area contributed by atoms with Crippen LogP contribution in [-0.4, -0.2) is 11.7 Å². The molecule has 248 valence electrons. The van der Waals surface area contributed by atoms with Gasteiger partial charge in [-0.25, -0.2) is 13.8 Å². The fourth-order valence-electron chi connectivity index (χ4n) is 8.60. The molecule has 1 nitrogen and oxygen atoms in total. The highest BCUT2D eigenvalue weighted by Crippen LogP contribution is 2.40. The van der Waals surface area contributed by atoms with Crippen molar-refractivity contribution < 1.29 is 8.78 Å². The van der Waals surface area contributed by atoms with Crippen molar-refractivity contribution in [2.75, 3.05) is 0 Å². The monoisotopic (exact) mass is 665 g/mol. The predicted octanol–water partition coefficient (Wildman–Crippen LogP) is 10.5. The summed E-state index contributed by atoms with van der Waals surface area (Å²) in [6.07, 6.45) is 0. The topological polar surface area (TPSA) is 12.9 Å².